The predicted octanol–water partition coefficient (Wildman–Crippen LogP) is 3.15. The highest BCUT2D eigenvalue weighted by Crippen LogP contribution is 2.28. The number of halogens is 1. The second kappa shape index (κ2) is 6.60. The van der Waals surface area contributed by atoms with Crippen molar-refractivity contribution in [3.8, 4) is 11.5 Å². The zero-order chi connectivity index (χ0) is 15.5. The van der Waals surface area contributed by atoms with Gasteiger partial charge in [0, 0.05) is 10.7 Å². The molecule has 0 atom stereocenters. The van der Waals surface area contributed by atoms with E-state index in [1.54, 1.807) is 12.1 Å². The molecule has 0 aliphatic carbocycles. The molecule has 0 heterocycles. The van der Waals surface area contributed by atoms with Gasteiger partial charge < -0.3 is 10.5 Å². The monoisotopic (exact) mass is 369 g/mol. The first kappa shape index (κ1) is 16.0. The smallest absolute Gasteiger partial charge is 0.175 e. The molecular weight excluding hydrogens is 354 g/mol. The van der Waals surface area contributed by atoms with Crippen LogP contribution in [0.5, 0.6) is 11.5 Å². The predicted molar refractivity (Wildman–Crippen MR) is 86.5 cm³/mol. The summed E-state index contributed by atoms with van der Waals surface area (Å²) in [6.07, 6.45) is 1.97. The van der Waals surface area contributed by atoms with E-state index < -0.39 is 9.84 Å². The summed E-state index contributed by atoms with van der Waals surface area (Å²) in [4.78, 5) is 0.273. The maximum Gasteiger partial charge on any atom is 0.175 e. The third-order valence-corrected chi connectivity index (χ3v) is 4.79. The Morgan fingerprint density at radius 2 is 1.71 bits per heavy atom. The van der Waals surface area contributed by atoms with Gasteiger partial charge in [-0.25, -0.2) is 8.42 Å². The zero-order valence-electron chi connectivity index (χ0n) is 11.5. The molecule has 0 aromatic heterocycles. The average Bonchev–Trinajstić information content (AvgIpc) is 2.42. The van der Waals surface area contributed by atoms with Gasteiger partial charge >= 0.3 is 0 Å². The van der Waals surface area contributed by atoms with Crippen LogP contribution in [0, 0.1) is 0 Å². The number of nitrogens with two attached hydrogens (primary N) is 1. The summed E-state index contributed by atoms with van der Waals surface area (Å²) in [5, 5.41) is 0. The van der Waals surface area contributed by atoms with Crippen LogP contribution in [0.25, 0.3) is 0 Å². The number of sulfone groups is 1. The van der Waals surface area contributed by atoms with Crippen LogP contribution in [0.4, 0.5) is 0 Å². The Labute approximate surface area is 133 Å². The Balaban J connectivity index is 2.17. The van der Waals surface area contributed by atoms with Crippen LogP contribution in [0.15, 0.2) is 51.8 Å². The van der Waals surface area contributed by atoms with E-state index >= 15 is 0 Å². The molecule has 0 aliphatic rings. The first-order valence-electron chi connectivity index (χ1n) is 6.36. The van der Waals surface area contributed by atoms with Crippen LogP contribution in [0.3, 0.4) is 0 Å². The SMILES string of the molecule is CS(=O)(=O)c1ccc(Oc2ccc(CCN)c(Br)c2)cc1. The summed E-state index contributed by atoms with van der Waals surface area (Å²) in [5.74, 6) is 1.26. The standard InChI is InChI=1S/C15H16BrNO3S/c1-21(18,19)14-6-4-12(5-7-14)20-13-3-2-11(8-9-17)15(16)10-13/h2-7,10H,8-9,17H2,1H3. The van der Waals surface area contributed by atoms with Crippen LogP contribution < -0.4 is 10.5 Å². The van der Waals surface area contributed by atoms with E-state index in [0.717, 1.165) is 16.5 Å². The van der Waals surface area contributed by atoms with E-state index in [9.17, 15) is 8.42 Å². The number of rotatable bonds is 5. The molecule has 0 saturated carbocycles. The summed E-state index contributed by atoms with van der Waals surface area (Å²) < 4.78 is 29.4. The molecule has 112 valence electrons. The number of hydrogen-bond acceptors (Lipinski definition) is 4. The minimum Gasteiger partial charge on any atom is -0.457 e. The number of benzene rings is 2. The topological polar surface area (TPSA) is 69.4 Å². The highest BCUT2D eigenvalue weighted by Gasteiger charge is 2.07. The van der Waals surface area contributed by atoms with E-state index in [0.29, 0.717) is 18.0 Å². The molecule has 0 aliphatic heterocycles. The van der Waals surface area contributed by atoms with Gasteiger partial charge in [-0.2, -0.15) is 0 Å². The molecule has 2 N–H and O–H groups in total. The molecule has 2 aromatic rings. The Kier molecular flexibility index (Phi) is 5.03. The molecule has 0 amide bonds. The summed E-state index contributed by atoms with van der Waals surface area (Å²) in [5.41, 5.74) is 6.66. The van der Waals surface area contributed by atoms with E-state index in [4.69, 9.17) is 10.5 Å². The minimum absolute atomic E-state index is 0.273. The molecule has 2 aromatic carbocycles. The van der Waals surface area contributed by atoms with Crippen molar-refractivity contribution in [1.82, 2.24) is 0 Å². The van der Waals surface area contributed by atoms with Crippen molar-refractivity contribution in [3.05, 3.63) is 52.5 Å². The van der Waals surface area contributed by atoms with Crippen LogP contribution >= 0.6 is 15.9 Å². The van der Waals surface area contributed by atoms with E-state index in [2.05, 4.69) is 15.9 Å². The van der Waals surface area contributed by atoms with Crippen LogP contribution in [0.2, 0.25) is 0 Å². The van der Waals surface area contributed by atoms with Crippen LogP contribution in [-0.4, -0.2) is 21.2 Å². The summed E-state index contributed by atoms with van der Waals surface area (Å²) >= 11 is 3.48. The fourth-order valence-corrected chi connectivity index (χ4v) is 3.03. The lowest BCUT2D eigenvalue weighted by Gasteiger charge is -2.09. The van der Waals surface area contributed by atoms with Gasteiger partial charge in [-0.1, -0.05) is 22.0 Å². The average molecular weight is 370 g/mol. The highest BCUT2D eigenvalue weighted by atomic mass is 79.9. The molecule has 0 unspecified atom stereocenters. The highest BCUT2D eigenvalue weighted by molar-refractivity contribution is 9.10. The summed E-state index contributed by atoms with van der Waals surface area (Å²) in [6, 6.07) is 12.0. The van der Waals surface area contributed by atoms with Crippen molar-refractivity contribution in [2.24, 2.45) is 5.73 Å². The lowest BCUT2D eigenvalue weighted by atomic mass is 10.1. The lowest BCUT2D eigenvalue weighted by molar-refractivity contribution is 0.481. The van der Waals surface area contributed by atoms with E-state index in [-0.39, 0.29) is 4.90 Å². The van der Waals surface area contributed by atoms with Gasteiger partial charge in [-0.3, -0.25) is 0 Å². The van der Waals surface area contributed by atoms with Crippen molar-refractivity contribution in [3.63, 3.8) is 0 Å². The first-order chi connectivity index (χ1) is 9.90. The molecule has 0 fully saturated rings. The quantitative estimate of drug-likeness (QED) is 0.878. The van der Waals surface area contributed by atoms with Gasteiger partial charge in [0.25, 0.3) is 0 Å². The summed E-state index contributed by atoms with van der Waals surface area (Å²) in [6.45, 7) is 0.589. The fourth-order valence-electron chi connectivity index (χ4n) is 1.84. The van der Waals surface area contributed by atoms with E-state index in [1.807, 2.05) is 18.2 Å². The number of ether oxygens (including phenoxy) is 1. The third kappa shape index (κ3) is 4.30. The van der Waals surface area contributed by atoms with E-state index in [1.165, 1.54) is 18.4 Å². The maximum atomic E-state index is 11.4. The van der Waals surface area contributed by atoms with Gasteiger partial charge in [0.15, 0.2) is 9.84 Å². The lowest BCUT2D eigenvalue weighted by Crippen LogP contribution is -2.03. The van der Waals surface area contributed by atoms with Gasteiger partial charge in [-0.15, -0.1) is 0 Å². The van der Waals surface area contributed by atoms with Crippen molar-refractivity contribution in [2.45, 2.75) is 11.3 Å². The van der Waals surface area contributed by atoms with Gasteiger partial charge in [0.2, 0.25) is 0 Å². The molecule has 2 rings (SSSR count). The minimum atomic E-state index is -3.19. The fraction of sp³-hybridized carbons (Fsp3) is 0.200. The van der Waals surface area contributed by atoms with Crippen molar-refractivity contribution in [2.75, 3.05) is 12.8 Å². The second-order valence-electron chi connectivity index (χ2n) is 4.64. The van der Waals surface area contributed by atoms with Crippen molar-refractivity contribution >= 4 is 25.8 Å². The molecule has 0 radical (unpaired) electrons. The second-order valence-corrected chi connectivity index (χ2v) is 7.51. The molecule has 6 heteroatoms. The normalized spacial score (nSPS) is 11.4. The van der Waals surface area contributed by atoms with Crippen LogP contribution in [0.1, 0.15) is 5.56 Å². The largest absolute Gasteiger partial charge is 0.457 e. The third-order valence-electron chi connectivity index (χ3n) is 2.93. The maximum absolute atomic E-state index is 11.4. The number of hydrogen-bond donors (Lipinski definition) is 1. The Morgan fingerprint density at radius 1 is 1.10 bits per heavy atom. The van der Waals surface area contributed by atoms with Crippen molar-refractivity contribution in [1.29, 1.82) is 0 Å². The molecule has 0 saturated heterocycles. The van der Waals surface area contributed by atoms with Crippen LogP contribution in [-0.2, 0) is 16.3 Å². The van der Waals surface area contributed by atoms with Gasteiger partial charge in [-0.05, 0) is 54.9 Å². The Bertz CT molecular complexity index is 727. The Hall–Kier alpha value is -1.37. The zero-order valence-corrected chi connectivity index (χ0v) is 13.9. The van der Waals surface area contributed by atoms with Gasteiger partial charge in [0.05, 0.1) is 4.90 Å². The molecule has 4 nitrogen and oxygen atoms in total. The summed E-state index contributed by atoms with van der Waals surface area (Å²) in [7, 11) is -3.19. The molecular formula is C15H16BrNO3S. The van der Waals surface area contributed by atoms with Gasteiger partial charge in [0.1, 0.15) is 11.5 Å². The molecule has 21 heavy (non-hydrogen) atoms. The molecule has 0 spiro atoms. The van der Waals surface area contributed by atoms with Crippen molar-refractivity contribution < 1.29 is 13.2 Å². The first-order valence-corrected chi connectivity index (χ1v) is 9.05. The molecule has 0 bridgehead atoms. The Morgan fingerprint density at radius 3 is 2.24 bits per heavy atom.